The molecule has 2 aromatic carbocycles. The first-order chi connectivity index (χ1) is 15.0. The third kappa shape index (κ3) is 6.02. The fourth-order valence-corrected chi connectivity index (χ4v) is 3.30. The Bertz CT molecular complexity index is 1120. The van der Waals surface area contributed by atoms with Crippen LogP contribution in [-0.4, -0.2) is 35.7 Å². The van der Waals surface area contributed by atoms with E-state index in [1.165, 1.54) is 13.0 Å². The van der Waals surface area contributed by atoms with Crippen LogP contribution in [-0.2, 0) is 9.59 Å². The maximum atomic E-state index is 12.4. The summed E-state index contributed by atoms with van der Waals surface area (Å²) in [5.41, 5.74) is 2.28. The molecule has 160 valence electrons. The van der Waals surface area contributed by atoms with Crippen molar-refractivity contribution in [2.45, 2.75) is 19.8 Å². The van der Waals surface area contributed by atoms with Gasteiger partial charge in [0, 0.05) is 42.3 Å². The van der Waals surface area contributed by atoms with E-state index in [-0.39, 0.29) is 11.5 Å². The zero-order valence-corrected chi connectivity index (χ0v) is 17.8. The number of Topliss-reactive ketones (excluding diaryl/α,β-unsaturated/α-hetero) is 1. The molecule has 0 unspecified atom stereocenters. The fraction of sp³-hybridized carbons (Fsp3) is 0.217. The highest BCUT2D eigenvalue weighted by Gasteiger charge is 2.19. The number of hydrogen-bond donors (Lipinski definition) is 3. The Morgan fingerprint density at radius 3 is 2.55 bits per heavy atom. The van der Waals surface area contributed by atoms with E-state index in [9.17, 15) is 14.4 Å². The zero-order chi connectivity index (χ0) is 22.2. The molecule has 31 heavy (non-hydrogen) atoms. The largest absolute Gasteiger partial charge is 0.384 e. The van der Waals surface area contributed by atoms with E-state index in [1.807, 2.05) is 24.3 Å². The summed E-state index contributed by atoms with van der Waals surface area (Å²) in [7, 11) is 0. The van der Waals surface area contributed by atoms with Gasteiger partial charge in [-0.15, -0.1) is 0 Å². The second-order valence-corrected chi connectivity index (χ2v) is 7.40. The molecule has 0 saturated carbocycles. The molecule has 0 fully saturated rings. The van der Waals surface area contributed by atoms with E-state index in [2.05, 4.69) is 20.9 Å². The number of benzene rings is 2. The summed E-state index contributed by atoms with van der Waals surface area (Å²) >= 11 is 6.01. The lowest BCUT2D eigenvalue weighted by atomic mass is 10.1. The number of carbonyl (C=O) groups excluding carboxylic acids is 3. The number of fused-ring (bicyclic) bond motifs is 1. The normalized spacial score (nSPS) is 10.5. The molecule has 1 aromatic heterocycles. The first-order valence-electron chi connectivity index (χ1n) is 9.93. The highest BCUT2D eigenvalue weighted by atomic mass is 35.5. The van der Waals surface area contributed by atoms with Crippen molar-refractivity contribution in [2.75, 3.05) is 23.7 Å². The van der Waals surface area contributed by atoms with Gasteiger partial charge in [0.1, 0.15) is 0 Å². The van der Waals surface area contributed by atoms with Crippen LogP contribution in [0.5, 0.6) is 0 Å². The van der Waals surface area contributed by atoms with Gasteiger partial charge in [-0.25, -0.2) is 0 Å². The molecule has 0 radical (unpaired) electrons. The number of hydrogen-bond acceptors (Lipinski definition) is 5. The third-order valence-electron chi connectivity index (χ3n) is 4.60. The first kappa shape index (κ1) is 22.2. The highest BCUT2D eigenvalue weighted by Crippen LogP contribution is 2.24. The molecule has 1 heterocycles. The quantitative estimate of drug-likeness (QED) is 0.266. The summed E-state index contributed by atoms with van der Waals surface area (Å²) in [5.74, 6) is -1.68. The van der Waals surface area contributed by atoms with Crippen LogP contribution in [0.1, 0.15) is 30.1 Å². The summed E-state index contributed by atoms with van der Waals surface area (Å²) in [4.78, 5) is 40.2. The number of nitrogens with one attached hydrogen (secondary N) is 3. The number of nitrogens with zero attached hydrogens (tertiary/aromatic N) is 1. The molecule has 0 spiro atoms. The van der Waals surface area contributed by atoms with E-state index in [0.29, 0.717) is 30.2 Å². The molecule has 8 heteroatoms. The number of aromatic nitrogens is 1. The van der Waals surface area contributed by atoms with Gasteiger partial charge in [0.25, 0.3) is 11.7 Å². The zero-order valence-electron chi connectivity index (χ0n) is 17.1. The Kier molecular flexibility index (Phi) is 7.56. The van der Waals surface area contributed by atoms with Crippen molar-refractivity contribution < 1.29 is 14.4 Å². The minimum absolute atomic E-state index is 0.168. The smallest absolute Gasteiger partial charge is 0.292 e. The highest BCUT2D eigenvalue weighted by molar-refractivity contribution is 6.44. The van der Waals surface area contributed by atoms with E-state index in [4.69, 9.17) is 11.6 Å². The van der Waals surface area contributed by atoms with E-state index in [0.717, 1.165) is 23.0 Å². The van der Waals surface area contributed by atoms with Crippen LogP contribution in [0.4, 0.5) is 11.4 Å². The molecular weight excluding hydrogens is 416 g/mol. The number of para-hydroxylation sites is 1. The van der Waals surface area contributed by atoms with Crippen LogP contribution in [0.15, 0.2) is 54.7 Å². The van der Waals surface area contributed by atoms with Gasteiger partial charge in [-0.2, -0.15) is 0 Å². The van der Waals surface area contributed by atoms with Gasteiger partial charge >= 0.3 is 0 Å². The first-order valence-corrected chi connectivity index (χ1v) is 10.3. The number of pyridine rings is 1. The van der Waals surface area contributed by atoms with E-state index < -0.39 is 11.7 Å². The van der Waals surface area contributed by atoms with Crippen molar-refractivity contribution >= 4 is 51.5 Å². The Morgan fingerprint density at radius 1 is 0.968 bits per heavy atom. The topological polar surface area (TPSA) is 100 Å². The van der Waals surface area contributed by atoms with Crippen molar-refractivity contribution in [3.05, 3.63) is 65.3 Å². The van der Waals surface area contributed by atoms with Gasteiger partial charge in [0.05, 0.1) is 16.8 Å². The van der Waals surface area contributed by atoms with Crippen LogP contribution in [0.2, 0.25) is 5.02 Å². The van der Waals surface area contributed by atoms with Gasteiger partial charge in [-0.3, -0.25) is 19.4 Å². The van der Waals surface area contributed by atoms with Gasteiger partial charge in [-0.1, -0.05) is 23.7 Å². The molecule has 0 bridgehead atoms. The van der Waals surface area contributed by atoms with Gasteiger partial charge in [0.15, 0.2) is 0 Å². The Hall–Kier alpha value is -3.45. The van der Waals surface area contributed by atoms with Crippen molar-refractivity contribution in [1.82, 2.24) is 10.3 Å². The van der Waals surface area contributed by atoms with Crippen molar-refractivity contribution in [2.24, 2.45) is 0 Å². The Balaban J connectivity index is 1.45. The molecule has 0 aliphatic rings. The third-order valence-corrected chi connectivity index (χ3v) is 4.83. The maximum Gasteiger partial charge on any atom is 0.292 e. The average molecular weight is 439 g/mol. The van der Waals surface area contributed by atoms with Crippen molar-refractivity contribution in [3.8, 4) is 0 Å². The van der Waals surface area contributed by atoms with Crippen LogP contribution in [0.25, 0.3) is 10.9 Å². The number of amides is 2. The molecular formula is C23H23ClN4O3. The summed E-state index contributed by atoms with van der Waals surface area (Å²) in [5, 5.41) is 10.2. The molecule has 2 amide bonds. The van der Waals surface area contributed by atoms with Crippen molar-refractivity contribution in [3.63, 3.8) is 0 Å². The average Bonchev–Trinajstić information content (AvgIpc) is 2.75. The standard InChI is InChI=1S/C23H23ClN4O3/c1-15(29)28-20-7-3-2-6-18(20)22(30)23(31)27-12-5-4-11-25-19-10-13-26-21-14-16(24)8-9-17(19)21/h2-3,6-10,13-14H,4-5,11-12H2,1H3,(H,25,26)(H,27,31)(H,28,29). The summed E-state index contributed by atoms with van der Waals surface area (Å²) < 4.78 is 0. The predicted molar refractivity (Wildman–Crippen MR) is 123 cm³/mol. The maximum absolute atomic E-state index is 12.4. The van der Waals surface area contributed by atoms with Crippen LogP contribution >= 0.6 is 11.6 Å². The number of halogens is 1. The summed E-state index contributed by atoms with van der Waals surface area (Å²) in [6.45, 7) is 2.43. The second-order valence-electron chi connectivity index (χ2n) is 6.97. The Morgan fingerprint density at radius 2 is 1.74 bits per heavy atom. The van der Waals surface area contributed by atoms with E-state index in [1.54, 1.807) is 24.4 Å². The lowest BCUT2D eigenvalue weighted by Gasteiger charge is -2.10. The molecule has 3 aromatic rings. The molecule has 0 aliphatic heterocycles. The minimum Gasteiger partial charge on any atom is -0.384 e. The molecule has 0 aliphatic carbocycles. The monoisotopic (exact) mass is 438 g/mol. The lowest BCUT2D eigenvalue weighted by molar-refractivity contribution is -0.117. The van der Waals surface area contributed by atoms with Gasteiger partial charge in [-0.05, 0) is 49.2 Å². The number of carbonyl (C=O) groups is 3. The molecule has 0 atom stereocenters. The van der Waals surface area contributed by atoms with Gasteiger partial charge in [0.2, 0.25) is 5.91 Å². The molecule has 7 nitrogen and oxygen atoms in total. The van der Waals surface area contributed by atoms with E-state index >= 15 is 0 Å². The number of unbranched alkanes of at least 4 members (excludes halogenated alkanes) is 1. The van der Waals surface area contributed by atoms with Crippen molar-refractivity contribution in [1.29, 1.82) is 0 Å². The summed E-state index contributed by atoms with van der Waals surface area (Å²) in [6.07, 6.45) is 3.23. The predicted octanol–water partition coefficient (Wildman–Crippen LogP) is 4.04. The molecule has 3 N–H and O–H groups in total. The van der Waals surface area contributed by atoms with Crippen LogP contribution in [0, 0.1) is 0 Å². The molecule has 0 saturated heterocycles. The number of anilines is 2. The number of rotatable bonds is 9. The summed E-state index contributed by atoms with van der Waals surface area (Å²) in [6, 6.07) is 13.9. The minimum atomic E-state index is -0.692. The van der Waals surface area contributed by atoms with Gasteiger partial charge < -0.3 is 16.0 Å². The van der Waals surface area contributed by atoms with Crippen LogP contribution < -0.4 is 16.0 Å². The lowest BCUT2D eigenvalue weighted by Crippen LogP contribution is -2.32. The fourth-order valence-electron chi connectivity index (χ4n) is 3.13. The molecule has 3 rings (SSSR count). The Labute approximate surface area is 185 Å². The second kappa shape index (κ2) is 10.5. The number of ketones is 1. The SMILES string of the molecule is CC(=O)Nc1ccccc1C(=O)C(=O)NCCCCNc1ccnc2cc(Cl)ccc12. The van der Waals surface area contributed by atoms with Crippen LogP contribution in [0.3, 0.4) is 0 Å².